The van der Waals surface area contributed by atoms with Crippen molar-refractivity contribution in [3.05, 3.63) is 103 Å². The maximum Gasteiger partial charge on any atom is 0.241 e. The van der Waals surface area contributed by atoms with Crippen molar-refractivity contribution in [1.29, 1.82) is 0 Å². The van der Waals surface area contributed by atoms with Gasteiger partial charge in [0, 0.05) is 23.9 Å². The van der Waals surface area contributed by atoms with Crippen molar-refractivity contribution in [2.75, 3.05) is 10.6 Å². The average molecular weight is 438 g/mol. The Bertz CT molecular complexity index is 1240. The van der Waals surface area contributed by atoms with Crippen LogP contribution in [0.25, 0.3) is 0 Å². The maximum absolute atomic E-state index is 10.8. The van der Waals surface area contributed by atoms with E-state index in [0.717, 1.165) is 22.9 Å². The number of ether oxygens (including phenoxy) is 1. The number of nitrogens with one attached hydrogen (secondary N) is 2. The number of rotatable bonds is 9. The second-order valence-corrected chi connectivity index (χ2v) is 7.00. The number of nitrogens with zero attached hydrogens (tertiary/aromatic N) is 3. The van der Waals surface area contributed by atoms with E-state index in [9.17, 15) is 4.79 Å². The Labute approximate surface area is 191 Å². The zero-order valence-electron chi connectivity index (χ0n) is 17.7. The van der Waals surface area contributed by atoms with E-state index in [0.29, 0.717) is 23.9 Å². The van der Waals surface area contributed by atoms with Gasteiger partial charge >= 0.3 is 0 Å². The molecule has 2 aromatic carbocycles. The standard InChI is InChI=1S/C25H22N6O2/c26-22(32)10-4-6-18-7-5-11-23(29-18)31-25-16-24(27-17-28-25)30-19-12-14-21(15-13-19)33-20-8-2-1-3-9-20/h1-5,7-17H,6H2,(H2,26,32)(H2,27,28,29,30,31). The van der Waals surface area contributed by atoms with Gasteiger partial charge in [-0.1, -0.05) is 30.3 Å². The molecule has 0 saturated carbocycles. The fraction of sp³-hybridized carbons (Fsp3) is 0.0400. The molecule has 33 heavy (non-hydrogen) atoms. The van der Waals surface area contributed by atoms with Crippen LogP contribution in [0.15, 0.2) is 97.3 Å². The third kappa shape index (κ3) is 6.63. The Morgan fingerprint density at radius 3 is 2.33 bits per heavy atom. The molecule has 2 heterocycles. The largest absolute Gasteiger partial charge is 0.457 e. The van der Waals surface area contributed by atoms with Crippen molar-refractivity contribution in [2.45, 2.75) is 6.42 Å². The fourth-order valence-electron chi connectivity index (χ4n) is 2.96. The summed E-state index contributed by atoms with van der Waals surface area (Å²) in [6.07, 6.45) is 4.97. The van der Waals surface area contributed by atoms with Gasteiger partial charge in [0.05, 0.1) is 0 Å². The van der Waals surface area contributed by atoms with Gasteiger partial charge in [-0.15, -0.1) is 0 Å². The predicted octanol–water partition coefficient (Wildman–Crippen LogP) is 4.74. The molecule has 164 valence electrons. The van der Waals surface area contributed by atoms with Crippen molar-refractivity contribution in [1.82, 2.24) is 15.0 Å². The molecule has 8 nitrogen and oxygen atoms in total. The zero-order chi connectivity index (χ0) is 22.9. The lowest BCUT2D eigenvalue weighted by Gasteiger charge is -2.10. The Morgan fingerprint density at radius 1 is 0.848 bits per heavy atom. The summed E-state index contributed by atoms with van der Waals surface area (Å²) in [4.78, 5) is 23.9. The quantitative estimate of drug-likeness (QED) is 0.323. The van der Waals surface area contributed by atoms with Gasteiger partial charge in [-0.05, 0) is 54.6 Å². The van der Waals surface area contributed by atoms with E-state index in [1.807, 2.05) is 72.8 Å². The number of hydrogen-bond donors (Lipinski definition) is 3. The first-order chi connectivity index (χ1) is 16.1. The van der Waals surface area contributed by atoms with Crippen LogP contribution in [-0.2, 0) is 11.2 Å². The Morgan fingerprint density at radius 2 is 1.58 bits per heavy atom. The lowest BCUT2D eigenvalue weighted by atomic mass is 10.2. The number of allylic oxidation sites excluding steroid dienone is 1. The van der Waals surface area contributed by atoms with Crippen LogP contribution in [0.2, 0.25) is 0 Å². The highest BCUT2D eigenvalue weighted by Crippen LogP contribution is 2.24. The van der Waals surface area contributed by atoms with Crippen molar-refractivity contribution in [2.24, 2.45) is 5.73 Å². The van der Waals surface area contributed by atoms with Gasteiger partial charge < -0.3 is 21.1 Å². The Kier molecular flexibility index (Phi) is 6.87. The minimum Gasteiger partial charge on any atom is -0.457 e. The van der Waals surface area contributed by atoms with E-state index in [-0.39, 0.29) is 0 Å². The Balaban J connectivity index is 1.38. The predicted molar refractivity (Wildman–Crippen MR) is 128 cm³/mol. The Hall–Kier alpha value is -4.72. The lowest BCUT2D eigenvalue weighted by molar-refractivity contribution is -0.113. The van der Waals surface area contributed by atoms with E-state index in [1.165, 1.54) is 12.4 Å². The van der Waals surface area contributed by atoms with Gasteiger partial charge in [-0.3, -0.25) is 4.79 Å². The normalized spacial score (nSPS) is 10.7. The molecule has 1 amide bonds. The second kappa shape index (κ2) is 10.5. The molecule has 0 aliphatic heterocycles. The molecule has 0 unspecified atom stereocenters. The first-order valence-electron chi connectivity index (χ1n) is 10.2. The van der Waals surface area contributed by atoms with E-state index < -0.39 is 5.91 Å². The van der Waals surface area contributed by atoms with E-state index in [2.05, 4.69) is 25.6 Å². The van der Waals surface area contributed by atoms with E-state index >= 15 is 0 Å². The SMILES string of the molecule is NC(=O)C=CCc1cccc(Nc2cc(Nc3ccc(Oc4ccccc4)cc3)ncn2)n1. The zero-order valence-corrected chi connectivity index (χ0v) is 17.7. The summed E-state index contributed by atoms with van der Waals surface area (Å²) in [6, 6.07) is 24.6. The number of amides is 1. The molecule has 0 spiro atoms. The highest BCUT2D eigenvalue weighted by atomic mass is 16.5. The number of carbonyl (C=O) groups is 1. The van der Waals surface area contributed by atoms with Gasteiger partial charge in [-0.2, -0.15) is 0 Å². The van der Waals surface area contributed by atoms with Crippen molar-refractivity contribution >= 4 is 29.0 Å². The third-order valence-electron chi connectivity index (χ3n) is 4.44. The summed E-state index contributed by atoms with van der Waals surface area (Å²) in [5.74, 6) is 2.90. The average Bonchev–Trinajstić information content (AvgIpc) is 2.81. The molecular formula is C25H22N6O2. The molecule has 8 heteroatoms. The summed E-state index contributed by atoms with van der Waals surface area (Å²) in [5, 5.41) is 6.42. The highest BCUT2D eigenvalue weighted by Gasteiger charge is 2.03. The monoisotopic (exact) mass is 438 g/mol. The number of anilines is 4. The molecule has 0 radical (unpaired) electrons. The van der Waals surface area contributed by atoms with Crippen molar-refractivity contribution < 1.29 is 9.53 Å². The molecule has 0 aliphatic carbocycles. The van der Waals surface area contributed by atoms with E-state index in [1.54, 1.807) is 12.1 Å². The second-order valence-electron chi connectivity index (χ2n) is 7.00. The number of aromatic nitrogens is 3. The summed E-state index contributed by atoms with van der Waals surface area (Å²) < 4.78 is 5.82. The molecule has 2 aromatic heterocycles. The smallest absolute Gasteiger partial charge is 0.241 e. The molecule has 0 bridgehead atoms. The number of primary amides is 1. The van der Waals surface area contributed by atoms with Gasteiger partial charge in [0.2, 0.25) is 5.91 Å². The fourth-order valence-corrected chi connectivity index (χ4v) is 2.96. The summed E-state index contributed by atoms with van der Waals surface area (Å²) in [6.45, 7) is 0. The van der Waals surface area contributed by atoms with Crippen LogP contribution in [-0.4, -0.2) is 20.9 Å². The number of benzene rings is 2. The molecule has 4 aromatic rings. The minimum atomic E-state index is -0.483. The number of carbonyl (C=O) groups excluding carboxylic acids is 1. The number of hydrogen-bond acceptors (Lipinski definition) is 7. The molecule has 0 saturated heterocycles. The molecular weight excluding hydrogens is 416 g/mol. The molecule has 0 atom stereocenters. The maximum atomic E-state index is 10.8. The molecule has 0 aliphatic rings. The van der Waals surface area contributed by atoms with Crippen LogP contribution in [0.3, 0.4) is 0 Å². The van der Waals surface area contributed by atoms with Gasteiger partial charge in [0.15, 0.2) is 0 Å². The topological polar surface area (TPSA) is 115 Å². The van der Waals surface area contributed by atoms with Crippen LogP contribution in [0.1, 0.15) is 5.69 Å². The molecule has 0 fully saturated rings. The van der Waals surface area contributed by atoms with Crippen LogP contribution in [0.5, 0.6) is 11.5 Å². The van der Waals surface area contributed by atoms with Crippen LogP contribution in [0.4, 0.5) is 23.1 Å². The van der Waals surface area contributed by atoms with Crippen LogP contribution >= 0.6 is 0 Å². The molecule has 4 N–H and O–H groups in total. The lowest BCUT2D eigenvalue weighted by Crippen LogP contribution is -2.05. The first-order valence-corrected chi connectivity index (χ1v) is 10.2. The number of pyridine rings is 1. The van der Waals surface area contributed by atoms with Crippen molar-refractivity contribution in [3.63, 3.8) is 0 Å². The highest BCUT2D eigenvalue weighted by molar-refractivity contribution is 5.85. The number of para-hydroxylation sites is 1. The van der Waals surface area contributed by atoms with Crippen LogP contribution in [0, 0.1) is 0 Å². The van der Waals surface area contributed by atoms with Gasteiger partial charge in [-0.25, -0.2) is 15.0 Å². The summed E-state index contributed by atoms with van der Waals surface area (Å²) >= 11 is 0. The van der Waals surface area contributed by atoms with E-state index in [4.69, 9.17) is 10.5 Å². The van der Waals surface area contributed by atoms with Gasteiger partial charge in [0.25, 0.3) is 0 Å². The molecule has 4 rings (SSSR count). The number of nitrogens with two attached hydrogens (primary N) is 1. The van der Waals surface area contributed by atoms with Crippen LogP contribution < -0.4 is 21.1 Å². The third-order valence-corrected chi connectivity index (χ3v) is 4.44. The van der Waals surface area contributed by atoms with Gasteiger partial charge in [0.1, 0.15) is 35.3 Å². The first kappa shape index (κ1) is 21.5. The minimum absolute atomic E-state index is 0.483. The van der Waals surface area contributed by atoms with Crippen molar-refractivity contribution in [3.8, 4) is 11.5 Å². The summed E-state index contributed by atoms with van der Waals surface area (Å²) in [5.41, 5.74) is 6.77. The summed E-state index contributed by atoms with van der Waals surface area (Å²) in [7, 11) is 0.